The number of esters is 1. The van der Waals surface area contributed by atoms with Crippen LogP contribution in [-0.4, -0.2) is 23.9 Å². The lowest BCUT2D eigenvalue weighted by atomic mass is 10.2. The van der Waals surface area contributed by atoms with E-state index in [1.807, 2.05) is 0 Å². The Kier molecular flexibility index (Phi) is 5.17. The van der Waals surface area contributed by atoms with Crippen LogP contribution in [0.2, 0.25) is 5.02 Å². The molecule has 3 N–H and O–H groups in total. The van der Waals surface area contributed by atoms with E-state index >= 15 is 0 Å². The summed E-state index contributed by atoms with van der Waals surface area (Å²) in [6, 6.07) is 3.48. The molecule has 1 aliphatic heterocycles. The molecule has 1 atom stereocenters. The summed E-state index contributed by atoms with van der Waals surface area (Å²) in [6.07, 6.45) is 0.259. The second-order valence-electron chi connectivity index (χ2n) is 4.66. The van der Waals surface area contributed by atoms with Crippen LogP contribution in [0.3, 0.4) is 0 Å². The molecule has 0 saturated heterocycles. The Morgan fingerprint density at radius 1 is 1.39 bits per heavy atom. The van der Waals surface area contributed by atoms with Gasteiger partial charge in [0.2, 0.25) is 5.91 Å². The molecule has 0 bridgehead atoms. The van der Waals surface area contributed by atoms with Gasteiger partial charge in [0.25, 0.3) is 5.91 Å². The number of hydrogen-bond donors (Lipinski definition) is 3. The summed E-state index contributed by atoms with van der Waals surface area (Å²) in [5, 5.41) is 2.45. The van der Waals surface area contributed by atoms with Gasteiger partial charge in [0.05, 0.1) is 10.7 Å². The van der Waals surface area contributed by atoms with E-state index in [0.717, 1.165) is 12.1 Å². The molecule has 0 saturated carbocycles. The van der Waals surface area contributed by atoms with Gasteiger partial charge in [-0.1, -0.05) is 11.6 Å². The van der Waals surface area contributed by atoms with Crippen molar-refractivity contribution in [2.75, 3.05) is 5.32 Å². The highest BCUT2D eigenvalue weighted by Crippen LogP contribution is 2.22. The van der Waals surface area contributed by atoms with Crippen LogP contribution in [-0.2, 0) is 19.1 Å². The number of carbonyl (C=O) groups excluding carboxylic acids is 3. The molecule has 0 aromatic heterocycles. The van der Waals surface area contributed by atoms with E-state index in [4.69, 9.17) is 16.3 Å². The molecular weight excluding hydrogens is 329 g/mol. The molecule has 2 rings (SSSR count). The number of hydrazine groups is 1. The van der Waals surface area contributed by atoms with Gasteiger partial charge in [0.15, 0.2) is 6.10 Å². The molecule has 7 nitrogen and oxygen atoms in total. The van der Waals surface area contributed by atoms with Gasteiger partial charge < -0.3 is 10.1 Å². The zero-order valence-corrected chi connectivity index (χ0v) is 12.7. The number of amides is 2. The van der Waals surface area contributed by atoms with Crippen molar-refractivity contribution in [2.45, 2.75) is 19.4 Å². The molecule has 23 heavy (non-hydrogen) atoms. The van der Waals surface area contributed by atoms with Crippen molar-refractivity contribution in [3.63, 3.8) is 0 Å². The van der Waals surface area contributed by atoms with Crippen LogP contribution in [0.15, 0.2) is 30.0 Å². The van der Waals surface area contributed by atoms with Crippen LogP contribution in [0.1, 0.15) is 13.3 Å². The van der Waals surface area contributed by atoms with Gasteiger partial charge in [-0.05, 0) is 31.2 Å². The van der Waals surface area contributed by atoms with Gasteiger partial charge in [-0.15, -0.1) is 0 Å². The van der Waals surface area contributed by atoms with Crippen molar-refractivity contribution in [3.8, 4) is 0 Å². The number of hydrogen-bond acceptors (Lipinski definition) is 5. The van der Waals surface area contributed by atoms with Crippen LogP contribution in [0.25, 0.3) is 0 Å². The van der Waals surface area contributed by atoms with Crippen molar-refractivity contribution >= 4 is 35.1 Å². The van der Waals surface area contributed by atoms with Crippen molar-refractivity contribution in [2.24, 2.45) is 0 Å². The molecule has 1 heterocycles. The maximum atomic E-state index is 12.9. The number of rotatable bonds is 4. The number of halogens is 2. The maximum Gasteiger partial charge on any atom is 0.356 e. The molecular formula is C14H13ClFN3O4. The van der Waals surface area contributed by atoms with E-state index in [2.05, 4.69) is 16.2 Å². The standard InChI is InChI=1S/C14H13ClFN3O4/c1-7(23-14(22)11-4-5-12(20)19-18-11)13(21)17-10-3-2-8(16)6-9(10)15/h2-4,6-7,18H,5H2,1H3,(H,17,21)(H,19,20)/t7-/m0/s1. The molecule has 9 heteroatoms. The molecule has 122 valence electrons. The monoisotopic (exact) mass is 341 g/mol. The molecule has 1 aliphatic rings. The van der Waals surface area contributed by atoms with Gasteiger partial charge in [-0.2, -0.15) is 0 Å². The van der Waals surface area contributed by atoms with Crippen LogP contribution >= 0.6 is 11.6 Å². The first kappa shape index (κ1) is 16.8. The van der Waals surface area contributed by atoms with E-state index in [-0.39, 0.29) is 28.7 Å². The minimum Gasteiger partial charge on any atom is -0.448 e. The molecule has 0 unspecified atom stereocenters. The third-order valence-electron chi connectivity index (χ3n) is 2.89. The molecule has 1 aromatic rings. The van der Waals surface area contributed by atoms with E-state index in [0.29, 0.717) is 0 Å². The molecule has 1 aromatic carbocycles. The Labute approximate surface area is 135 Å². The predicted octanol–water partition coefficient (Wildman–Crippen LogP) is 1.26. The fraction of sp³-hybridized carbons (Fsp3) is 0.214. The second kappa shape index (κ2) is 7.10. The van der Waals surface area contributed by atoms with E-state index in [1.165, 1.54) is 19.1 Å². The highest BCUT2D eigenvalue weighted by atomic mass is 35.5. The number of ether oxygens (including phenoxy) is 1. The Hall–Kier alpha value is -2.61. The van der Waals surface area contributed by atoms with Gasteiger partial charge >= 0.3 is 5.97 Å². The summed E-state index contributed by atoms with van der Waals surface area (Å²) >= 11 is 5.80. The second-order valence-corrected chi connectivity index (χ2v) is 5.06. The third-order valence-corrected chi connectivity index (χ3v) is 3.20. The average molecular weight is 342 g/mol. The van der Waals surface area contributed by atoms with Crippen molar-refractivity contribution in [1.82, 2.24) is 10.9 Å². The number of anilines is 1. The fourth-order valence-corrected chi connectivity index (χ4v) is 1.89. The summed E-state index contributed by atoms with van der Waals surface area (Å²) in [6.45, 7) is 1.37. The Bertz CT molecular complexity index is 693. The first-order valence-corrected chi connectivity index (χ1v) is 6.96. The molecule has 0 fully saturated rings. The van der Waals surface area contributed by atoms with Crippen LogP contribution < -0.4 is 16.2 Å². The lowest BCUT2D eigenvalue weighted by Crippen LogP contribution is -2.43. The molecule has 0 spiro atoms. The lowest BCUT2D eigenvalue weighted by molar-refractivity contribution is -0.149. The van der Waals surface area contributed by atoms with Crippen molar-refractivity contribution in [3.05, 3.63) is 40.8 Å². The maximum absolute atomic E-state index is 12.9. The van der Waals surface area contributed by atoms with Gasteiger partial charge in [0, 0.05) is 6.42 Å². The van der Waals surface area contributed by atoms with Crippen molar-refractivity contribution < 1.29 is 23.5 Å². The van der Waals surface area contributed by atoms with Gasteiger partial charge in [-0.3, -0.25) is 20.4 Å². The smallest absolute Gasteiger partial charge is 0.356 e. The minimum atomic E-state index is -1.12. The number of carbonyl (C=O) groups is 3. The summed E-state index contributed by atoms with van der Waals surface area (Å²) in [5.74, 6) is -2.26. The number of benzene rings is 1. The highest BCUT2D eigenvalue weighted by Gasteiger charge is 2.23. The van der Waals surface area contributed by atoms with E-state index in [1.54, 1.807) is 0 Å². The zero-order chi connectivity index (χ0) is 17.0. The van der Waals surface area contributed by atoms with E-state index in [9.17, 15) is 18.8 Å². The third kappa shape index (κ3) is 4.43. The first-order valence-electron chi connectivity index (χ1n) is 6.58. The molecule has 0 aliphatic carbocycles. The summed E-state index contributed by atoms with van der Waals surface area (Å²) in [5.41, 5.74) is 4.86. The van der Waals surface area contributed by atoms with Crippen LogP contribution in [0, 0.1) is 5.82 Å². The zero-order valence-electron chi connectivity index (χ0n) is 12.0. The summed E-state index contributed by atoms with van der Waals surface area (Å²) < 4.78 is 17.9. The van der Waals surface area contributed by atoms with Crippen molar-refractivity contribution in [1.29, 1.82) is 0 Å². The topological polar surface area (TPSA) is 96.5 Å². The fourth-order valence-electron chi connectivity index (χ4n) is 1.67. The minimum absolute atomic E-state index is 0.0243. The van der Waals surface area contributed by atoms with E-state index < -0.39 is 23.8 Å². The van der Waals surface area contributed by atoms with Gasteiger partial charge in [-0.25, -0.2) is 9.18 Å². The predicted molar refractivity (Wildman–Crippen MR) is 79.6 cm³/mol. The van der Waals surface area contributed by atoms with Gasteiger partial charge in [0.1, 0.15) is 11.5 Å². The normalized spacial score (nSPS) is 14.9. The van der Waals surface area contributed by atoms with Crippen LogP contribution in [0.5, 0.6) is 0 Å². The molecule has 0 radical (unpaired) electrons. The Morgan fingerprint density at radius 2 is 2.13 bits per heavy atom. The Balaban J connectivity index is 1.94. The largest absolute Gasteiger partial charge is 0.448 e. The first-order chi connectivity index (χ1) is 10.9. The highest BCUT2D eigenvalue weighted by molar-refractivity contribution is 6.33. The SMILES string of the molecule is C[C@H](OC(=O)C1=CCC(=O)NN1)C(=O)Nc1ccc(F)cc1Cl. The quantitative estimate of drug-likeness (QED) is 0.716. The Morgan fingerprint density at radius 3 is 2.74 bits per heavy atom. The summed E-state index contributed by atoms with van der Waals surface area (Å²) in [7, 11) is 0. The van der Waals surface area contributed by atoms with Crippen LogP contribution in [0.4, 0.5) is 10.1 Å². The number of nitrogens with one attached hydrogen (secondary N) is 3. The molecule has 2 amide bonds. The summed E-state index contributed by atoms with van der Waals surface area (Å²) in [4.78, 5) is 34.7. The lowest BCUT2D eigenvalue weighted by Gasteiger charge is -2.18. The average Bonchev–Trinajstić information content (AvgIpc) is 2.50.